The minimum absolute atomic E-state index is 0.0639. The van der Waals surface area contributed by atoms with Gasteiger partial charge >= 0.3 is 0 Å². The summed E-state index contributed by atoms with van der Waals surface area (Å²) in [7, 11) is -2.03. The molecule has 1 fully saturated rings. The van der Waals surface area contributed by atoms with Crippen LogP contribution in [-0.2, 0) is 10.0 Å². The van der Waals surface area contributed by atoms with Gasteiger partial charge in [0.05, 0.1) is 18.6 Å². The molecule has 29 heavy (non-hydrogen) atoms. The maximum atomic E-state index is 13.1. The van der Waals surface area contributed by atoms with E-state index in [0.717, 1.165) is 12.1 Å². The zero-order valence-corrected chi connectivity index (χ0v) is 17.9. The molecule has 3 rings (SSSR count). The molecular weight excluding hydrogens is 388 g/mol. The molecule has 2 aromatic rings. The van der Waals surface area contributed by atoms with Crippen molar-refractivity contribution in [2.24, 2.45) is 11.8 Å². The normalized spacial score (nSPS) is 20.2. The van der Waals surface area contributed by atoms with E-state index in [9.17, 15) is 13.2 Å². The number of Topliss-reactive ketones (excluding diaryl/α,β-unsaturated/α-hetero) is 1. The van der Waals surface area contributed by atoms with Crippen molar-refractivity contribution < 1.29 is 17.9 Å². The predicted octanol–water partition coefficient (Wildman–Crippen LogP) is 3.66. The van der Waals surface area contributed by atoms with Gasteiger partial charge in [0.15, 0.2) is 5.78 Å². The molecule has 1 heterocycles. The second kappa shape index (κ2) is 8.97. The standard InChI is InChI=1S/C22H28N2O4S/c1-16-10-17(2)15-24(14-16)29(26,27)21-9-4-6-18(11-21)22(25)13-23-19-7-5-8-20(12-19)28-3/h4-9,11-12,16-17,23H,10,13-15H2,1-3H3. The number of rotatable bonds is 7. The van der Waals surface area contributed by atoms with Crippen molar-refractivity contribution in [2.75, 3.05) is 32.1 Å². The molecule has 0 saturated carbocycles. The Bertz CT molecular complexity index is 964. The lowest BCUT2D eigenvalue weighted by Gasteiger charge is -2.34. The summed E-state index contributed by atoms with van der Waals surface area (Å²) in [6.07, 6.45) is 1.03. The topological polar surface area (TPSA) is 75.7 Å². The van der Waals surface area contributed by atoms with Gasteiger partial charge in [-0.2, -0.15) is 4.31 Å². The molecule has 0 bridgehead atoms. The predicted molar refractivity (Wildman–Crippen MR) is 114 cm³/mol. The summed E-state index contributed by atoms with van der Waals surface area (Å²) >= 11 is 0. The summed E-state index contributed by atoms with van der Waals surface area (Å²) in [4.78, 5) is 12.8. The number of nitrogens with zero attached hydrogens (tertiary/aromatic N) is 1. The van der Waals surface area contributed by atoms with Crippen LogP contribution in [0.3, 0.4) is 0 Å². The summed E-state index contributed by atoms with van der Waals surface area (Å²) < 4.78 is 32.9. The van der Waals surface area contributed by atoms with Crippen LogP contribution in [-0.4, -0.2) is 45.3 Å². The third kappa shape index (κ3) is 5.16. The quantitative estimate of drug-likeness (QED) is 0.697. The van der Waals surface area contributed by atoms with Crippen LogP contribution in [0.25, 0.3) is 0 Å². The number of ether oxygens (including phenoxy) is 1. The highest BCUT2D eigenvalue weighted by Gasteiger charge is 2.31. The third-order valence-corrected chi connectivity index (χ3v) is 6.98. The molecule has 1 N–H and O–H groups in total. The Morgan fingerprint density at radius 3 is 2.48 bits per heavy atom. The molecule has 0 aliphatic carbocycles. The van der Waals surface area contributed by atoms with E-state index in [-0.39, 0.29) is 17.2 Å². The first-order chi connectivity index (χ1) is 13.8. The van der Waals surface area contributed by atoms with Crippen LogP contribution >= 0.6 is 0 Å². The Labute approximate surface area is 172 Å². The summed E-state index contributed by atoms with van der Waals surface area (Å²) in [6, 6.07) is 13.6. The van der Waals surface area contributed by atoms with Crippen molar-refractivity contribution in [1.29, 1.82) is 0 Å². The maximum absolute atomic E-state index is 13.1. The highest BCUT2D eigenvalue weighted by molar-refractivity contribution is 7.89. The molecule has 0 aromatic heterocycles. The van der Waals surface area contributed by atoms with Gasteiger partial charge < -0.3 is 10.1 Å². The molecule has 2 atom stereocenters. The monoisotopic (exact) mass is 416 g/mol. The lowest BCUT2D eigenvalue weighted by Crippen LogP contribution is -2.42. The van der Waals surface area contributed by atoms with Crippen LogP contribution in [0.2, 0.25) is 0 Å². The number of nitrogens with one attached hydrogen (secondary N) is 1. The molecule has 1 aliphatic rings. The Kier molecular flexibility index (Phi) is 6.59. The van der Waals surface area contributed by atoms with E-state index >= 15 is 0 Å². The molecule has 0 radical (unpaired) electrons. The zero-order chi connectivity index (χ0) is 21.0. The molecule has 1 saturated heterocycles. The molecule has 7 heteroatoms. The molecule has 1 aliphatic heterocycles. The third-order valence-electron chi connectivity index (χ3n) is 5.15. The van der Waals surface area contributed by atoms with Crippen molar-refractivity contribution in [3.8, 4) is 5.75 Å². The fourth-order valence-electron chi connectivity index (χ4n) is 3.80. The SMILES string of the molecule is COc1cccc(NCC(=O)c2cccc(S(=O)(=O)N3CC(C)CC(C)C3)c2)c1. The number of sulfonamides is 1. The first-order valence-corrected chi connectivity index (χ1v) is 11.2. The molecule has 2 aromatic carbocycles. The van der Waals surface area contributed by atoms with Gasteiger partial charge in [-0.25, -0.2) is 8.42 Å². The van der Waals surface area contributed by atoms with Crippen molar-refractivity contribution in [3.05, 3.63) is 54.1 Å². The second-order valence-electron chi connectivity index (χ2n) is 7.80. The number of ketones is 1. The van der Waals surface area contributed by atoms with Crippen LogP contribution in [0, 0.1) is 11.8 Å². The van der Waals surface area contributed by atoms with E-state index < -0.39 is 10.0 Å². The number of hydrogen-bond donors (Lipinski definition) is 1. The van der Waals surface area contributed by atoms with Crippen molar-refractivity contribution in [2.45, 2.75) is 25.2 Å². The Hall–Kier alpha value is -2.38. The number of piperidine rings is 1. The van der Waals surface area contributed by atoms with Gasteiger partial charge in [-0.1, -0.05) is 32.0 Å². The minimum Gasteiger partial charge on any atom is -0.497 e. The largest absolute Gasteiger partial charge is 0.497 e. The summed E-state index contributed by atoms with van der Waals surface area (Å²) in [6.45, 7) is 5.24. The first kappa shape index (κ1) is 21.3. The molecule has 2 unspecified atom stereocenters. The maximum Gasteiger partial charge on any atom is 0.243 e. The van der Waals surface area contributed by atoms with E-state index in [1.54, 1.807) is 35.7 Å². The van der Waals surface area contributed by atoms with E-state index in [1.165, 1.54) is 6.07 Å². The van der Waals surface area contributed by atoms with E-state index in [0.29, 0.717) is 36.2 Å². The van der Waals surface area contributed by atoms with Crippen molar-refractivity contribution in [3.63, 3.8) is 0 Å². The van der Waals surface area contributed by atoms with E-state index in [2.05, 4.69) is 19.2 Å². The van der Waals surface area contributed by atoms with Gasteiger partial charge in [0.1, 0.15) is 5.75 Å². The van der Waals surface area contributed by atoms with Crippen molar-refractivity contribution in [1.82, 2.24) is 4.31 Å². The first-order valence-electron chi connectivity index (χ1n) is 9.81. The van der Waals surface area contributed by atoms with Crippen LogP contribution in [0.15, 0.2) is 53.4 Å². The molecule has 0 amide bonds. The summed E-state index contributed by atoms with van der Waals surface area (Å²) in [5.41, 5.74) is 1.14. The Morgan fingerprint density at radius 2 is 1.79 bits per heavy atom. The van der Waals surface area contributed by atoms with Gasteiger partial charge in [0, 0.05) is 30.4 Å². The summed E-state index contributed by atoms with van der Waals surface area (Å²) in [5, 5.41) is 3.06. The molecular formula is C22H28N2O4S. The van der Waals surface area contributed by atoms with E-state index in [1.807, 2.05) is 18.2 Å². The van der Waals surface area contributed by atoms with Crippen LogP contribution in [0.5, 0.6) is 5.75 Å². The Morgan fingerprint density at radius 1 is 1.10 bits per heavy atom. The van der Waals surface area contributed by atoms with Crippen LogP contribution < -0.4 is 10.1 Å². The highest BCUT2D eigenvalue weighted by Crippen LogP contribution is 2.27. The molecule has 156 valence electrons. The van der Waals surface area contributed by atoms with Crippen LogP contribution in [0.1, 0.15) is 30.6 Å². The fourth-order valence-corrected chi connectivity index (χ4v) is 5.52. The zero-order valence-electron chi connectivity index (χ0n) is 17.1. The van der Waals surface area contributed by atoms with E-state index in [4.69, 9.17) is 4.74 Å². The molecule has 6 nitrogen and oxygen atoms in total. The number of benzene rings is 2. The lowest BCUT2D eigenvalue weighted by atomic mass is 9.94. The van der Waals surface area contributed by atoms with Gasteiger partial charge in [-0.05, 0) is 42.5 Å². The van der Waals surface area contributed by atoms with Gasteiger partial charge in [0.2, 0.25) is 10.0 Å². The minimum atomic E-state index is -3.62. The number of carbonyl (C=O) groups excluding carboxylic acids is 1. The van der Waals surface area contributed by atoms with Gasteiger partial charge in [-0.3, -0.25) is 4.79 Å². The average Bonchev–Trinajstić information content (AvgIpc) is 2.71. The lowest BCUT2D eigenvalue weighted by molar-refractivity contribution is 0.101. The number of methoxy groups -OCH3 is 1. The highest BCUT2D eigenvalue weighted by atomic mass is 32.2. The van der Waals surface area contributed by atoms with Gasteiger partial charge in [-0.15, -0.1) is 0 Å². The second-order valence-corrected chi connectivity index (χ2v) is 9.74. The Balaban J connectivity index is 1.73. The summed E-state index contributed by atoms with van der Waals surface area (Å²) in [5.74, 6) is 1.17. The number of anilines is 1. The number of hydrogen-bond acceptors (Lipinski definition) is 5. The van der Waals surface area contributed by atoms with Gasteiger partial charge in [0.25, 0.3) is 0 Å². The van der Waals surface area contributed by atoms with Crippen LogP contribution in [0.4, 0.5) is 5.69 Å². The number of carbonyl (C=O) groups is 1. The smallest absolute Gasteiger partial charge is 0.243 e. The average molecular weight is 417 g/mol. The van der Waals surface area contributed by atoms with Crippen molar-refractivity contribution >= 4 is 21.5 Å². The fraction of sp³-hybridized carbons (Fsp3) is 0.409. The molecule has 0 spiro atoms.